The van der Waals surface area contributed by atoms with Gasteiger partial charge in [-0.1, -0.05) is 72.8 Å². The smallest absolute Gasteiger partial charge is 0.351 e. The summed E-state index contributed by atoms with van der Waals surface area (Å²) >= 11 is 0. The predicted molar refractivity (Wildman–Crippen MR) is 184 cm³/mol. The summed E-state index contributed by atoms with van der Waals surface area (Å²) in [5.74, 6) is 1.08. The first-order valence-electron chi connectivity index (χ1n) is 16.3. The van der Waals surface area contributed by atoms with Gasteiger partial charge >= 0.3 is 5.69 Å². The Balaban J connectivity index is 1.22. The van der Waals surface area contributed by atoms with Crippen LogP contribution in [0.2, 0.25) is 0 Å². The number of anilines is 1. The maximum absolute atomic E-state index is 13.4. The standard InChI is InChI=1S/C39H37N3O8/c1-46-30-17-13-28(14-18-30)39(27-11-7-4-8-12-27,29-15-19-31(47-2)20-16-29)49-25-38-22-24-48-33(34(38)43)36(50-38)42-23-21-32(41-37(42)45)40-35(44)26-9-5-3-6-10-26/h3-21,23,33-34,36,43H,22,24-25H2,1-2H3,(H,40,41,44,45)/t33-,34+,36-,38-/m1/s1. The third-order valence-corrected chi connectivity index (χ3v) is 9.41. The first-order valence-corrected chi connectivity index (χ1v) is 16.3. The third kappa shape index (κ3) is 6.05. The Morgan fingerprint density at radius 3 is 2.04 bits per heavy atom. The van der Waals surface area contributed by atoms with E-state index in [4.69, 9.17) is 23.7 Å². The van der Waals surface area contributed by atoms with Gasteiger partial charge < -0.3 is 34.1 Å². The SMILES string of the molecule is COc1ccc(C(OC[C@@]23CCO[C@@H]([C@H](n4ccc(NC(=O)c5ccccc5)nc4=O)O2)[C@@H]3O)(c2ccccc2)c2ccc(OC)cc2)cc1. The number of nitrogens with one attached hydrogen (secondary N) is 1. The number of methoxy groups -OCH3 is 2. The molecule has 7 rings (SSSR count). The van der Waals surface area contributed by atoms with Crippen molar-refractivity contribution in [1.29, 1.82) is 0 Å². The van der Waals surface area contributed by atoms with E-state index in [1.54, 1.807) is 38.5 Å². The Morgan fingerprint density at radius 2 is 1.46 bits per heavy atom. The van der Waals surface area contributed by atoms with Crippen molar-refractivity contribution in [2.45, 2.75) is 36.1 Å². The minimum absolute atomic E-state index is 0.0507. The normalized spacial score (nSPS) is 21.4. The van der Waals surface area contributed by atoms with E-state index in [1.165, 1.54) is 16.8 Å². The number of carbonyl (C=O) groups excluding carboxylic acids is 1. The van der Waals surface area contributed by atoms with Crippen molar-refractivity contribution < 1.29 is 33.6 Å². The van der Waals surface area contributed by atoms with Crippen LogP contribution in [0.25, 0.3) is 0 Å². The topological polar surface area (TPSA) is 130 Å². The summed E-state index contributed by atoms with van der Waals surface area (Å²) in [5.41, 5.74) is -0.115. The number of benzene rings is 4. The summed E-state index contributed by atoms with van der Waals surface area (Å²) in [5, 5.41) is 14.4. The van der Waals surface area contributed by atoms with Gasteiger partial charge in [-0.2, -0.15) is 4.98 Å². The Kier molecular flexibility index (Phi) is 9.21. The highest BCUT2D eigenvalue weighted by atomic mass is 16.6. The van der Waals surface area contributed by atoms with Crippen molar-refractivity contribution in [2.24, 2.45) is 0 Å². The van der Waals surface area contributed by atoms with Crippen molar-refractivity contribution in [3.05, 3.63) is 154 Å². The Labute approximate surface area is 289 Å². The molecule has 2 aliphatic rings. The van der Waals surface area contributed by atoms with Gasteiger partial charge in [0.15, 0.2) is 6.23 Å². The Morgan fingerprint density at radius 1 is 0.880 bits per heavy atom. The number of aliphatic hydroxyl groups excluding tert-OH is 1. The lowest BCUT2D eigenvalue weighted by Gasteiger charge is -2.41. The molecular formula is C39H37N3O8. The second-order valence-electron chi connectivity index (χ2n) is 12.2. The molecule has 0 spiro atoms. The number of hydrogen-bond acceptors (Lipinski definition) is 9. The highest BCUT2D eigenvalue weighted by Crippen LogP contribution is 2.48. The van der Waals surface area contributed by atoms with Crippen LogP contribution in [0.5, 0.6) is 11.5 Å². The fourth-order valence-corrected chi connectivity index (χ4v) is 6.75. The molecule has 256 valence electrons. The Bertz CT molecular complexity index is 1940. The first-order chi connectivity index (χ1) is 24.4. The lowest BCUT2D eigenvalue weighted by molar-refractivity contribution is -0.173. The van der Waals surface area contributed by atoms with E-state index < -0.39 is 41.2 Å². The average molecular weight is 676 g/mol. The van der Waals surface area contributed by atoms with Crippen LogP contribution in [0, 0.1) is 0 Å². The molecule has 2 saturated heterocycles. The van der Waals surface area contributed by atoms with Crippen LogP contribution in [-0.4, -0.2) is 65.8 Å². The number of hydrogen-bond donors (Lipinski definition) is 2. The van der Waals surface area contributed by atoms with E-state index >= 15 is 0 Å². The maximum Gasteiger partial charge on any atom is 0.351 e. The molecule has 2 N–H and O–H groups in total. The van der Waals surface area contributed by atoms with Gasteiger partial charge in [-0.05, 0) is 59.2 Å². The fourth-order valence-electron chi connectivity index (χ4n) is 6.75. The van der Waals surface area contributed by atoms with Crippen LogP contribution in [0.1, 0.15) is 39.7 Å². The number of carbonyl (C=O) groups is 1. The van der Waals surface area contributed by atoms with Crippen molar-refractivity contribution in [3.8, 4) is 11.5 Å². The fraction of sp³-hybridized carbons (Fsp3) is 0.256. The zero-order valence-electron chi connectivity index (χ0n) is 27.6. The molecule has 2 bridgehead atoms. The van der Waals surface area contributed by atoms with Gasteiger partial charge in [-0.15, -0.1) is 0 Å². The number of rotatable bonds is 11. The van der Waals surface area contributed by atoms with Crippen LogP contribution in [-0.2, 0) is 19.8 Å². The predicted octanol–water partition coefficient (Wildman–Crippen LogP) is 4.94. The molecule has 1 amide bonds. The van der Waals surface area contributed by atoms with Gasteiger partial charge in [-0.3, -0.25) is 9.36 Å². The molecule has 2 aliphatic heterocycles. The minimum atomic E-state index is -1.23. The van der Waals surface area contributed by atoms with Gasteiger partial charge in [0, 0.05) is 18.2 Å². The summed E-state index contributed by atoms with van der Waals surface area (Å²) in [7, 11) is 3.23. The lowest BCUT2D eigenvalue weighted by Crippen LogP contribution is -2.53. The van der Waals surface area contributed by atoms with Crippen molar-refractivity contribution in [3.63, 3.8) is 0 Å². The van der Waals surface area contributed by atoms with Crippen molar-refractivity contribution in [2.75, 3.05) is 32.8 Å². The molecule has 0 unspecified atom stereocenters. The molecule has 2 fully saturated rings. The Hall–Kier alpha value is -5.33. The van der Waals surface area contributed by atoms with Crippen LogP contribution in [0.15, 0.2) is 126 Å². The van der Waals surface area contributed by atoms with Crippen molar-refractivity contribution >= 4 is 11.7 Å². The van der Waals surface area contributed by atoms with Gasteiger partial charge in [-0.25, -0.2) is 4.79 Å². The second kappa shape index (κ2) is 13.9. The molecule has 4 aromatic carbocycles. The molecule has 50 heavy (non-hydrogen) atoms. The summed E-state index contributed by atoms with van der Waals surface area (Å²) < 4.78 is 31.9. The van der Waals surface area contributed by atoms with E-state index in [1.807, 2.05) is 84.9 Å². The molecule has 11 heteroatoms. The van der Waals surface area contributed by atoms with Crippen LogP contribution in [0.4, 0.5) is 5.82 Å². The van der Waals surface area contributed by atoms with Crippen LogP contribution < -0.4 is 20.5 Å². The van der Waals surface area contributed by atoms with Crippen LogP contribution >= 0.6 is 0 Å². The van der Waals surface area contributed by atoms with Gasteiger partial charge in [0.25, 0.3) is 5.91 Å². The lowest BCUT2D eigenvalue weighted by atomic mass is 9.79. The largest absolute Gasteiger partial charge is 0.497 e. The molecule has 4 atom stereocenters. The molecule has 3 heterocycles. The van der Waals surface area contributed by atoms with Gasteiger partial charge in [0.05, 0.1) is 27.4 Å². The zero-order chi connectivity index (χ0) is 34.7. The number of aliphatic hydroxyl groups is 1. The van der Waals surface area contributed by atoms with Crippen molar-refractivity contribution in [1.82, 2.24) is 9.55 Å². The molecule has 11 nitrogen and oxygen atoms in total. The third-order valence-electron chi connectivity index (χ3n) is 9.41. The van der Waals surface area contributed by atoms with Gasteiger partial charge in [0.1, 0.15) is 40.7 Å². The molecule has 5 aromatic rings. The number of ether oxygens (including phenoxy) is 5. The van der Waals surface area contributed by atoms with Gasteiger partial charge in [0.2, 0.25) is 0 Å². The quantitative estimate of drug-likeness (QED) is 0.187. The zero-order valence-corrected chi connectivity index (χ0v) is 27.6. The number of aromatic nitrogens is 2. The monoisotopic (exact) mass is 675 g/mol. The van der Waals surface area contributed by atoms with E-state index in [2.05, 4.69) is 10.3 Å². The molecule has 0 aliphatic carbocycles. The second-order valence-corrected chi connectivity index (χ2v) is 12.2. The molecular weight excluding hydrogens is 638 g/mol. The summed E-state index contributed by atoms with van der Waals surface area (Å²) in [6.07, 6.45) is -1.21. The highest BCUT2D eigenvalue weighted by molar-refractivity contribution is 6.03. The number of fused-ring (bicyclic) bond motifs is 2. The molecule has 0 radical (unpaired) electrons. The highest BCUT2D eigenvalue weighted by Gasteiger charge is 2.59. The van der Waals surface area contributed by atoms with Crippen LogP contribution in [0.3, 0.4) is 0 Å². The summed E-state index contributed by atoms with van der Waals surface area (Å²) in [4.78, 5) is 30.1. The summed E-state index contributed by atoms with van der Waals surface area (Å²) in [6, 6.07) is 35.3. The van der Waals surface area contributed by atoms with E-state index in [0.29, 0.717) is 23.5 Å². The minimum Gasteiger partial charge on any atom is -0.497 e. The summed E-state index contributed by atoms with van der Waals surface area (Å²) in [6.45, 7) is 0.225. The number of nitrogens with zero attached hydrogens (tertiary/aromatic N) is 2. The van der Waals surface area contributed by atoms with E-state index in [-0.39, 0.29) is 19.0 Å². The maximum atomic E-state index is 13.4. The number of amides is 1. The molecule has 0 saturated carbocycles. The first kappa shape index (κ1) is 33.2. The molecule has 1 aromatic heterocycles. The van der Waals surface area contributed by atoms with E-state index in [9.17, 15) is 14.7 Å². The average Bonchev–Trinajstić information content (AvgIpc) is 3.29. The van der Waals surface area contributed by atoms with E-state index in [0.717, 1.165) is 16.7 Å².